The molecule has 8 nitrogen and oxygen atoms in total. The van der Waals surface area contributed by atoms with E-state index in [-0.39, 0.29) is 10.7 Å². The van der Waals surface area contributed by atoms with Gasteiger partial charge in [-0.3, -0.25) is 9.78 Å². The van der Waals surface area contributed by atoms with Crippen LogP contribution in [0.3, 0.4) is 0 Å². The van der Waals surface area contributed by atoms with Gasteiger partial charge in [0.2, 0.25) is 0 Å². The molecule has 0 aliphatic carbocycles. The van der Waals surface area contributed by atoms with Crippen LogP contribution >= 0.6 is 0 Å². The maximum atomic E-state index is 13.2. The van der Waals surface area contributed by atoms with Gasteiger partial charge in [-0.05, 0) is 30.7 Å². The van der Waals surface area contributed by atoms with Crippen molar-refractivity contribution in [2.24, 2.45) is 0 Å². The van der Waals surface area contributed by atoms with Crippen molar-refractivity contribution >= 4 is 26.6 Å². The summed E-state index contributed by atoms with van der Waals surface area (Å²) in [6.45, 7) is 1.85. The summed E-state index contributed by atoms with van der Waals surface area (Å²) in [5, 5.41) is 7.75. The monoisotopic (exact) mass is 442 g/mol. The summed E-state index contributed by atoms with van der Waals surface area (Å²) in [5.41, 5.74) is 1.52. The van der Waals surface area contributed by atoms with E-state index in [0.29, 0.717) is 34.3 Å². The molecule has 3 heterocycles. The molecule has 160 valence electrons. The zero-order valence-corrected chi connectivity index (χ0v) is 17.6. The third-order valence-electron chi connectivity index (χ3n) is 4.89. The number of halogens is 1. The molecule has 0 spiro atoms. The highest BCUT2D eigenvalue weighted by molar-refractivity contribution is 7.90. The molecular formula is C21H19FN4O4S. The molecule has 0 fully saturated rings. The van der Waals surface area contributed by atoms with Crippen LogP contribution in [-0.4, -0.2) is 35.3 Å². The number of sulfone groups is 1. The first-order chi connectivity index (χ1) is 14.8. The molecule has 10 heteroatoms. The Hall–Kier alpha value is -3.53. The molecule has 0 bridgehead atoms. The highest BCUT2D eigenvalue weighted by atomic mass is 32.2. The summed E-state index contributed by atoms with van der Waals surface area (Å²) >= 11 is 0. The minimum absolute atomic E-state index is 0.0551. The normalized spacial score (nSPS) is 12.7. The van der Waals surface area contributed by atoms with E-state index >= 15 is 0 Å². The number of hydrogen-bond acceptors (Lipinski definition) is 6. The predicted octanol–water partition coefficient (Wildman–Crippen LogP) is 3.44. The van der Waals surface area contributed by atoms with Gasteiger partial charge in [0.15, 0.2) is 9.84 Å². The quantitative estimate of drug-likeness (QED) is 0.490. The van der Waals surface area contributed by atoms with Gasteiger partial charge in [0.25, 0.3) is 5.91 Å². The first-order valence-corrected chi connectivity index (χ1v) is 11.3. The summed E-state index contributed by atoms with van der Waals surface area (Å²) in [7, 11) is -3.41. The van der Waals surface area contributed by atoms with Crippen molar-refractivity contribution in [1.82, 2.24) is 20.1 Å². The molecular weight excluding hydrogens is 423 g/mol. The molecule has 1 N–H and O–H groups in total. The second-order valence-electron chi connectivity index (χ2n) is 7.04. The van der Waals surface area contributed by atoms with Crippen molar-refractivity contribution in [3.8, 4) is 5.69 Å². The van der Waals surface area contributed by atoms with Gasteiger partial charge >= 0.3 is 0 Å². The second-order valence-corrected chi connectivity index (χ2v) is 9.06. The van der Waals surface area contributed by atoms with Crippen molar-refractivity contribution < 1.29 is 22.0 Å². The van der Waals surface area contributed by atoms with E-state index in [2.05, 4.69) is 15.4 Å². The number of nitrogens with zero attached hydrogens (tertiary/aromatic N) is 3. The summed E-state index contributed by atoms with van der Waals surface area (Å²) in [4.78, 5) is 17.2. The van der Waals surface area contributed by atoms with Crippen LogP contribution in [0.25, 0.3) is 16.6 Å². The third kappa shape index (κ3) is 4.06. The number of pyridine rings is 1. The molecule has 0 aliphatic rings. The van der Waals surface area contributed by atoms with Crippen molar-refractivity contribution in [2.75, 3.05) is 6.26 Å². The zero-order valence-electron chi connectivity index (χ0n) is 16.7. The SMILES string of the molecule is CC[C@H](NC(=O)c1cncc2c1cnn2-c1ccc(F)cc1)c1cc(S(C)(=O)=O)co1. The number of aromatic nitrogens is 3. The fourth-order valence-corrected chi connectivity index (χ4v) is 3.79. The van der Waals surface area contributed by atoms with Crippen LogP contribution in [0.4, 0.5) is 4.39 Å². The number of rotatable bonds is 6. The van der Waals surface area contributed by atoms with Crippen molar-refractivity contribution in [3.63, 3.8) is 0 Å². The van der Waals surface area contributed by atoms with Crippen LogP contribution in [0.5, 0.6) is 0 Å². The smallest absolute Gasteiger partial charge is 0.254 e. The molecule has 3 aromatic heterocycles. The van der Waals surface area contributed by atoms with E-state index in [9.17, 15) is 17.6 Å². The standard InChI is InChI=1S/C21H19FN4O4S/c1-3-18(20-8-15(12-30-20)31(2,28)29)25-21(27)17-9-23-11-19-16(17)10-24-26(19)14-6-4-13(22)5-7-14/h4-12,18H,3H2,1-2H3,(H,25,27)/t18-/m0/s1. The number of fused-ring (bicyclic) bond motifs is 1. The summed E-state index contributed by atoms with van der Waals surface area (Å²) in [6.07, 6.45) is 7.29. The maximum absolute atomic E-state index is 13.2. The first-order valence-electron chi connectivity index (χ1n) is 9.45. The minimum atomic E-state index is -3.41. The van der Waals surface area contributed by atoms with Gasteiger partial charge < -0.3 is 9.73 Å². The lowest BCUT2D eigenvalue weighted by Crippen LogP contribution is -2.28. The molecule has 0 saturated heterocycles. The number of furan rings is 1. The highest BCUT2D eigenvalue weighted by Gasteiger charge is 2.22. The van der Waals surface area contributed by atoms with Crippen LogP contribution in [0.1, 0.15) is 35.5 Å². The predicted molar refractivity (Wildman–Crippen MR) is 111 cm³/mol. The van der Waals surface area contributed by atoms with Gasteiger partial charge in [-0.25, -0.2) is 17.5 Å². The molecule has 0 saturated carbocycles. The molecule has 0 aliphatic heterocycles. The Morgan fingerprint density at radius 1 is 1.23 bits per heavy atom. The average molecular weight is 442 g/mol. The Bertz CT molecular complexity index is 1360. The van der Waals surface area contributed by atoms with Crippen molar-refractivity contribution in [3.05, 3.63) is 72.3 Å². The topological polar surface area (TPSA) is 107 Å². The van der Waals surface area contributed by atoms with Crippen molar-refractivity contribution in [1.29, 1.82) is 0 Å². The Morgan fingerprint density at radius 2 is 1.97 bits per heavy atom. The van der Waals surface area contributed by atoms with Gasteiger partial charge in [0, 0.05) is 23.9 Å². The van der Waals surface area contributed by atoms with Gasteiger partial charge in [-0.15, -0.1) is 0 Å². The third-order valence-corrected chi connectivity index (χ3v) is 5.96. The van der Waals surface area contributed by atoms with E-state index in [1.165, 1.54) is 24.4 Å². The summed E-state index contributed by atoms with van der Waals surface area (Å²) in [6, 6.07) is 6.70. The molecule has 0 radical (unpaired) electrons. The zero-order chi connectivity index (χ0) is 22.2. The molecule has 1 atom stereocenters. The largest absolute Gasteiger partial charge is 0.466 e. The summed E-state index contributed by atoms with van der Waals surface area (Å²) in [5.74, 6) is -0.416. The Kier molecular flexibility index (Phi) is 5.32. The lowest BCUT2D eigenvalue weighted by atomic mass is 10.1. The molecule has 31 heavy (non-hydrogen) atoms. The maximum Gasteiger partial charge on any atom is 0.254 e. The number of amides is 1. The summed E-state index contributed by atoms with van der Waals surface area (Å²) < 4.78 is 43.6. The minimum Gasteiger partial charge on any atom is -0.466 e. The van der Waals surface area contributed by atoms with E-state index < -0.39 is 21.8 Å². The number of hydrogen-bond donors (Lipinski definition) is 1. The van der Waals surface area contributed by atoms with Crippen LogP contribution in [0.2, 0.25) is 0 Å². The van der Waals surface area contributed by atoms with Gasteiger partial charge in [-0.2, -0.15) is 5.10 Å². The number of nitrogens with one attached hydrogen (secondary N) is 1. The van der Waals surface area contributed by atoms with Crippen LogP contribution in [-0.2, 0) is 9.84 Å². The van der Waals surface area contributed by atoms with Crippen LogP contribution in [0, 0.1) is 5.82 Å². The Balaban J connectivity index is 1.64. The van der Waals surface area contributed by atoms with Crippen molar-refractivity contribution in [2.45, 2.75) is 24.3 Å². The lowest BCUT2D eigenvalue weighted by Gasteiger charge is -2.14. The molecule has 1 amide bonds. The Morgan fingerprint density at radius 3 is 2.61 bits per heavy atom. The molecule has 1 aromatic carbocycles. The number of carbonyl (C=O) groups is 1. The van der Waals surface area contributed by atoms with Crippen LogP contribution < -0.4 is 5.32 Å². The lowest BCUT2D eigenvalue weighted by molar-refractivity contribution is 0.0931. The second kappa shape index (κ2) is 7.95. The van der Waals surface area contributed by atoms with Gasteiger partial charge in [0.1, 0.15) is 22.7 Å². The Labute approximate surface area is 177 Å². The van der Waals surface area contributed by atoms with Crippen LogP contribution in [0.15, 0.2) is 64.5 Å². The highest BCUT2D eigenvalue weighted by Crippen LogP contribution is 2.25. The van der Waals surface area contributed by atoms with E-state index in [4.69, 9.17) is 4.42 Å². The fourth-order valence-electron chi connectivity index (χ4n) is 3.23. The van der Waals surface area contributed by atoms with Gasteiger partial charge in [0.05, 0.1) is 35.2 Å². The molecule has 4 aromatic rings. The van der Waals surface area contributed by atoms with E-state index in [1.807, 2.05) is 6.92 Å². The van der Waals surface area contributed by atoms with Gasteiger partial charge in [-0.1, -0.05) is 6.92 Å². The number of benzene rings is 1. The average Bonchev–Trinajstić information content (AvgIpc) is 3.39. The first kappa shape index (κ1) is 20.7. The fraction of sp³-hybridized carbons (Fsp3) is 0.190. The van der Waals surface area contributed by atoms with E-state index in [1.54, 1.807) is 29.2 Å². The molecule has 0 unspecified atom stereocenters. The van der Waals surface area contributed by atoms with E-state index in [0.717, 1.165) is 12.5 Å². The number of carbonyl (C=O) groups excluding carboxylic acids is 1. The molecule has 4 rings (SSSR count).